The van der Waals surface area contributed by atoms with Gasteiger partial charge < -0.3 is 4.74 Å². The number of nitrogens with zero attached hydrogens (tertiary/aromatic N) is 2. The smallest absolute Gasteiger partial charge is 0.162 e. The van der Waals surface area contributed by atoms with Gasteiger partial charge in [-0.1, -0.05) is 37.3 Å². The maximum absolute atomic E-state index is 6.19. The van der Waals surface area contributed by atoms with Gasteiger partial charge in [-0.3, -0.25) is 0 Å². The fourth-order valence-corrected chi connectivity index (χ4v) is 3.13. The first kappa shape index (κ1) is 15.2. The number of halogens is 2. The van der Waals surface area contributed by atoms with Gasteiger partial charge in [-0.05, 0) is 42.6 Å². The molecule has 1 aromatic rings. The molecule has 1 saturated carbocycles. The summed E-state index contributed by atoms with van der Waals surface area (Å²) < 4.78 is 6.86. The molecule has 5 heteroatoms. The number of rotatable bonds is 3. The van der Waals surface area contributed by atoms with E-state index in [-0.39, 0.29) is 5.60 Å². The minimum absolute atomic E-state index is 0.347. The molecule has 2 rings (SSSR count). The van der Waals surface area contributed by atoms with Crippen LogP contribution in [0.4, 0.5) is 0 Å². The van der Waals surface area contributed by atoms with Crippen LogP contribution in [0.25, 0.3) is 0 Å². The minimum Gasteiger partial charge on any atom is -0.367 e. The van der Waals surface area contributed by atoms with E-state index in [1.54, 1.807) is 0 Å². The summed E-state index contributed by atoms with van der Waals surface area (Å²) in [6, 6.07) is 0. The molecule has 0 atom stereocenters. The highest BCUT2D eigenvalue weighted by molar-refractivity contribution is 9.10. The molecule has 0 aromatic carbocycles. The maximum atomic E-state index is 6.19. The van der Waals surface area contributed by atoms with Crippen molar-refractivity contribution >= 4 is 27.5 Å². The second-order valence-corrected chi connectivity index (χ2v) is 6.23. The van der Waals surface area contributed by atoms with Crippen LogP contribution in [-0.4, -0.2) is 16.6 Å². The average molecular weight is 348 g/mol. The SMILES string of the molecule is CCOC1(c2nc(C)c(Br)c(Cl)n2)CCCCCC1. The summed E-state index contributed by atoms with van der Waals surface area (Å²) in [5, 5.41) is 0.478. The number of hydrogen-bond acceptors (Lipinski definition) is 3. The van der Waals surface area contributed by atoms with E-state index in [1.807, 2.05) is 13.8 Å². The molecule has 0 amide bonds. The van der Waals surface area contributed by atoms with Gasteiger partial charge in [-0.2, -0.15) is 0 Å². The summed E-state index contributed by atoms with van der Waals surface area (Å²) in [6.07, 6.45) is 6.82. The second kappa shape index (κ2) is 6.51. The Labute approximate surface area is 128 Å². The van der Waals surface area contributed by atoms with Crippen molar-refractivity contribution in [3.8, 4) is 0 Å². The van der Waals surface area contributed by atoms with Crippen LogP contribution in [0, 0.1) is 6.92 Å². The molecule has 106 valence electrons. The lowest BCUT2D eigenvalue weighted by molar-refractivity contribution is -0.0625. The largest absolute Gasteiger partial charge is 0.367 e. The van der Waals surface area contributed by atoms with Crippen molar-refractivity contribution in [1.82, 2.24) is 9.97 Å². The fraction of sp³-hybridized carbons (Fsp3) is 0.714. The van der Waals surface area contributed by atoms with E-state index >= 15 is 0 Å². The topological polar surface area (TPSA) is 35.0 Å². The van der Waals surface area contributed by atoms with Crippen molar-refractivity contribution in [2.45, 2.75) is 58.0 Å². The Balaban J connectivity index is 2.42. The zero-order valence-electron chi connectivity index (χ0n) is 11.5. The van der Waals surface area contributed by atoms with E-state index in [0.717, 1.165) is 41.7 Å². The molecule has 1 aliphatic rings. The van der Waals surface area contributed by atoms with Crippen molar-refractivity contribution in [2.24, 2.45) is 0 Å². The van der Waals surface area contributed by atoms with Gasteiger partial charge in [-0.25, -0.2) is 9.97 Å². The van der Waals surface area contributed by atoms with E-state index < -0.39 is 0 Å². The monoisotopic (exact) mass is 346 g/mol. The Morgan fingerprint density at radius 1 is 1.21 bits per heavy atom. The Morgan fingerprint density at radius 3 is 2.37 bits per heavy atom. The average Bonchev–Trinajstić information content (AvgIpc) is 2.62. The molecular formula is C14H20BrClN2O. The lowest BCUT2D eigenvalue weighted by Crippen LogP contribution is -2.32. The molecule has 0 aliphatic heterocycles. The standard InChI is InChI=1S/C14H20BrClN2O/c1-3-19-14(8-6-4-5-7-9-14)13-17-10(2)11(15)12(16)18-13/h3-9H2,1-2H3. The summed E-state index contributed by atoms with van der Waals surface area (Å²) in [4.78, 5) is 9.09. The first-order chi connectivity index (χ1) is 9.09. The maximum Gasteiger partial charge on any atom is 0.162 e. The van der Waals surface area contributed by atoms with Crippen LogP contribution in [0.2, 0.25) is 5.15 Å². The van der Waals surface area contributed by atoms with Crippen molar-refractivity contribution in [3.05, 3.63) is 21.1 Å². The van der Waals surface area contributed by atoms with Crippen LogP contribution >= 0.6 is 27.5 Å². The van der Waals surface area contributed by atoms with Crippen LogP contribution in [0.5, 0.6) is 0 Å². The van der Waals surface area contributed by atoms with E-state index in [1.165, 1.54) is 12.8 Å². The summed E-state index contributed by atoms with van der Waals surface area (Å²) in [5.74, 6) is 0.752. The zero-order valence-corrected chi connectivity index (χ0v) is 13.9. The lowest BCUT2D eigenvalue weighted by Gasteiger charge is -2.31. The normalized spacial score (nSPS) is 19.2. The fourth-order valence-electron chi connectivity index (χ4n) is 2.74. The molecule has 19 heavy (non-hydrogen) atoms. The minimum atomic E-state index is -0.347. The molecule has 1 aliphatic carbocycles. The molecule has 0 saturated heterocycles. The van der Waals surface area contributed by atoms with Gasteiger partial charge in [0.25, 0.3) is 0 Å². The third-order valence-corrected chi connectivity index (χ3v) is 5.17. The predicted molar refractivity (Wildman–Crippen MR) is 80.5 cm³/mol. The molecule has 0 bridgehead atoms. The van der Waals surface area contributed by atoms with E-state index in [9.17, 15) is 0 Å². The predicted octanol–water partition coefficient (Wildman–Crippen LogP) is 4.79. The Morgan fingerprint density at radius 2 is 1.84 bits per heavy atom. The molecule has 0 spiro atoms. The molecule has 1 heterocycles. The molecule has 1 aromatic heterocycles. The van der Waals surface area contributed by atoms with E-state index in [4.69, 9.17) is 16.3 Å². The third kappa shape index (κ3) is 3.29. The molecule has 0 N–H and O–H groups in total. The first-order valence-corrected chi connectivity index (χ1v) is 8.10. The summed E-state index contributed by atoms with van der Waals surface area (Å²) in [7, 11) is 0. The van der Waals surface area contributed by atoms with Crippen LogP contribution in [0.1, 0.15) is 57.0 Å². The van der Waals surface area contributed by atoms with Crippen LogP contribution < -0.4 is 0 Å². The second-order valence-electron chi connectivity index (χ2n) is 5.08. The number of ether oxygens (including phenoxy) is 1. The van der Waals surface area contributed by atoms with Crippen molar-refractivity contribution in [2.75, 3.05) is 6.61 Å². The highest BCUT2D eigenvalue weighted by Gasteiger charge is 2.37. The van der Waals surface area contributed by atoms with Gasteiger partial charge in [-0.15, -0.1) is 0 Å². The van der Waals surface area contributed by atoms with E-state index in [0.29, 0.717) is 11.8 Å². The van der Waals surface area contributed by atoms with Crippen LogP contribution in [0.3, 0.4) is 0 Å². The zero-order chi connectivity index (χ0) is 13.9. The molecule has 1 fully saturated rings. The van der Waals surface area contributed by atoms with Gasteiger partial charge in [0.1, 0.15) is 10.8 Å². The van der Waals surface area contributed by atoms with Gasteiger partial charge in [0.15, 0.2) is 5.82 Å². The van der Waals surface area contributed by atoms with Gasteiger partial charge in [0, 0.05) is 6.61 Å². The summed E-state index contributed by atoms with van der Waals surface area (Å²) >= 11 is 9.60. The van der Waals surface area contributed by atoms with E-state index in [2.05, 4.69) is 25.9 Å². The van der Waals surface area contributed by atoms with Gasteiger partial charge >= 0.3 is 0 Å². The van der Waals surface area contributed by atoms with Crippen molar-refractivity contribution in [1.29, 1.82) is 0 Å². The first-order valence-electron chi connectivity index (χ1n) is 6.93. The lowest BCUT2D eigenvalue weighted by atomic mass is 9.93. The Hall–Kier alpha value is -0.190. The Kier molecular flexibility index (Phi) is 5.21. The highest BCUT2D eigenvalue weighted by atomic mass is 79.9. The summed E-state index contributed by atoms with van der Waals surface area (Å²) in [5.41, 5.74) is 0.527. The number of hydrogen-bond donors (Lipinski definition) is 0. The third-order valence-electron chi connectivity index (χ3n) is 3.72. The van der Waals surface area contributed by atoms with Crippen LogP contribution in [0.15, 0.2) is 4.47 Å². The molecule has 0 unspecified atom stereocenters. The molecular weight excluding hydrogens is 328 g/mol. The number of aryl methyl sites for hydroxylation is 1. The van der Waals surface area contributed by atoms with Gasteiger partial charge in [0.05, 0.1) is 10.2 Å². The number of aromatic nitrogens is 2. The van der Waals surface area contributed by atoms with Crippen molar-refractivity contribution in [3.63, 3.8) is 0 Å². The van der Waals surface area contributed by atoms with Crippen molar-refractivity contribution < 1.29 is 4.74 Å². The summed E-state index contributed by atoms with van der Waals surface area (Å²) in [6.45, 7) is 4.65. The highest BCUT2D eigenvalue weighted by Crippen LogP contribution is 2.39. The van der Waals surface area contributed by atoms with Gasteiger partial charge in [0.2, 0.25) is 0 Å². The molecule has 3 nitrogen and oxygen atoms in total. The quantitative estimate of drug-likeness (QED) is 0.582. The van der Waals surface area contributed by atoms with Crippen LogP contribution in [-0.2, 0) is 10.3 Å². The Bertz CT molecular complexity index is 422. The molecule has 0 radical (unpaired) electrons.